The zero-order valence-electron chi connectivity index (χ0n) is 13.7. The van der Waals surface area contributed by atoms with Crippen LogP contribution in [0.4, 0.5) is 5.69 Å². The second-order valence-corrected chi connectivity index (χ2v) is 5.74. The lowest BCUT2D eigenvalue weighted by atomic mass is 10.0. The first-order chi connectivity index (χ1) is 10.9. The molecule has 0 aliphatic rings. The topological polar surface area (TPSA) is 47.6 Å². The van der Waals surface area contributed by atoms with Gasteiger partial charge in [-0.15, -0.1) is 0 Å². The Hall–Kier alpha value is -2.20. The molecule has 0 radical (unpaired) electrons. The first kappa shape index (κ1) is 17.2. The summed E-state index contributed by atoms with van der Waals surface area (Å²) >= 11 is 6.06. The van der Waals surface area contributed by atoms with E-state index >= 15 is 0 Å². The molecule has 4 nitrogen and oxygen atoms in total. The van der Waals surface area contributed by atoms with E-state index in [9.17, 15) is 4.79 Å². The number of hydrogen-bond donors (Lipinski definition) is 1. The van der Waals surface area contributed by atoms with E-state index in [0.29, 0.717) is 22.2 Å². The summed E-state index contributed by atoms with van der Waals surface area (Å²) in [4.78, 5) is 12.3. The van der Waals surface area contributed by atoms with Gasteiger partial charge in [-0.25, -0.2) is 0 Å². The molecule has 122 valence electrons. The maximum atomic E-state index is 12.3. The normalized spacial score (nSPS) is 10.3. The van der Waals surface area contributed by atoms with Gasteiger partial charge in [0, 0.05) is 12.1 Å². The molecule has 0 atom stereocenters. The number of carbonyl (C=O) groups excluding carboxylic acids is 1. The molecule has 0 spiro atoms. The van der Waals surface area contributed by atoms with Gasteiger partial charge in [-0.1, -0.05) is 29.8 Å². The number of carbonyl (C=O) groups is 1. The molecule has 1 N–H and O–H groups in total. The smallest absolute Gasteiger partial charge is 0.228 e. The third-order valence-electron chi connectivity index (χ3n) is 3.68. The summed E-state index contributed by atoms with van der Waals surface area (Å²) in [6.07, 6.45) is 0.287. The largest absolute Gasteiger partial charge is 0.495 e. The Morgan fingerprint density at radius 2 is 1.74 bits per heavy atom. The van der Waals surface area contributed by atoms with E-state index in [4.69, 9.17) is 21.1 Å². The molecule has 0 aromatic heterocycles. The van der Waals surface area contributed by atoms with E-state index in [2.05, 4.69) is 5.32 Å². The highest BCUT2D eigenvalue weighted by Gasteiger charge is 2.13. The van der Waals surface area contributed by atoms with Crippen molar-refractivity contribution in [1.82, 2.24) is 0 Å². The van der Waals surface area contributed by atoms with Crippen LogP contribution in [0.15, 0.2) is 30.3 Å². The van der Waals surface area contributed by atoms with Crippen LogP contribution < -0.4 is 14.8 Å². The molecule has 0 saturated carbocycles. The Morgan fingerprint density at radius 3 is 2.35 bits per heavy atom. The van der Waals surface area contributed by atoms with Crippen molar-refractivity contribution in [2.24, 2.45) is 0 Å². The van der Waals surface area contributed by atoms with Gasteiger partial charge in [0.05, 0.1) is 31.4 Å². The van der Waals surface area contributed by atoms with E-state index in [1.165, 1.54) is 25.3 Å². The molecule has 1 amide bonds. The van der Waals surface area contributed by atoms with Gasteiger partial charge >= 0.3 is 0 Å². The molecule has 2 rings (SSSR count). The summed E-state index contributed by atoms with van der Waals surface area (Å²) in [6, 6.07) is 9.27. The third-order valence-corrected chi connectivity index (χ3v) is 3.98. The Labute approximate surface area is 141 Å². The van der Waals surface area contributed by atoms with Crippen molar-refractivity contribution in [2.75, 3.05) is 19.5 Å². The standard InChI is InChI=1S/C18H20ClNO3/c1-11-5-6-13(7-12(11)2)8-18(21)20-15-10-16(22-3)14(19)9-17(15)23-4/h5-7,9-10H,8H2,1-4H3,(H,20,21). The van der Waals surface area contributed by atoms with Crippen molar-refractivity contribution in [1.29, 1.82) is 0 Å². The fourth-order valence-corrected chi connectivity index (χ4v) is 2.48. The number of rotatable bonds is 5. The van der Waals surface area contributed by atoms with Crippen LogP contribution in [-0.4, -0.2) is 20.1 Å². The van der Waals surface area contributed by atoms with Crippen LogP contribution in [-0.2, 0) is 11.2 Å². The lowest BCUT2D eigenvalue weighted by Crippen LogP contribution is -2.15. The number of nitrogens with one attached hydrogen (secondary N) is 1. The predicted octanol–water partition coefficient (Wildman–Crippen LogP) is 4.16. The molecule has 0 unspecified atom stereocenters. The van der Waals surface area contributed by atoms with E-state index < -0.39 is 0 Å². The van der Waals surface area contributed by atoms with Crippen molar-refractivity contribution >= 4 is 23.2 Å². The molecule has 0 saturated heterocycles. The van der Waals surface area contributed by atoms with Crippen LogP contribution in [0.25, 0.3) is 0 Å². The number of aryl methyl sites for hydroxylation is 2. The van der Waals surface area contributed by atoms with Gasteiger partial charge in [-0.05, 0) is 30.5 Å². The van der Waals surface area contributed by atoms with E-state index in [0.717, 1.165) is 5.56 Å². The average Bonchev–Trinajstić information content (AvgIpc) is 2.52. The summed E-state index contributed by atoms with van der Waals surface area (Å²) in [7, 11) is 3.05. The van der Waals surface area contributed by atoms with Gasteiger partial charge in [0.1, 0.15) is 11.5 Å². The Bertz CT molecular complexity index is 728. The SMILES string of the molecule is COc1cc(NC(=O)Cc2ccc(C)c(C)c2)c(OC)cc1Cl. The first-order valence-corrected chi connectivity index (χ1v) is 7.60. The van der Waals surface area contributed by atoms with Gasteiger partial charge in [0.25, 0.3) is 0 Å². The van der Waals surface area contributed by atoms with Crippen LogP contribution >= 0.6 is 11.6 Å². The van der Waals surface area contributed by atoms with Crippen molar-refractivity contribution in [3.8, 4) is 11.5 Å². The number of anilines is 1. The quantitative estimate of drug-likeness (QED) is 0.894. The molecule has 0 fully saturated rings. The van der Waals surface area contributed by atoms with Crippen LogP contribution in [0.1, 0.15) is 16.7 Å². The lowest BCUT2D eigenvalue weighted by molar-refractivity contribution is -0.115. The van der Waals surface area contributed by atoms with Gasteiger partial charge in [0.2, 0.25) is 5.91 Å². The first-order valence-electron chi connectivity index (χ1n) is 7.22. The fourth-order valence-electron chi connectivity index (χ4n) is 2.25. The maximum Gasteiger partial charge on any atom is 0.228 e. The number of ether oxygens (including phenoxy) is 2. The second kappa shape index (κ2) is 7.38. The van der Waals surface area contributed by atoms with Crippen molar-refractivity contribution in [2.45, 2.75) is 20.3 Å². The van der Waals surface area contributed by atoms with E-state index in [1.807, 2.05) is 32.0 Å². The number of halogens is 1. The summed E-state index contributed by atoms with van der Waals surface area (Å²) in [5, 5.41) is 3.27. The molecule has 0 aliphatic heterocycles. The highest BCUT2D eigenvalue weighted by molar-refractivity contribution is 6.32. The van der Waals surface area contributed by atoms with Crippen LogP contribution in [0.2, 0.25) is 5.02 Å². The molecule has 2 aromatic rings. The molecule has 0 heterocycles. The van der Waals surface area contributed by atoms with Gasteiger partial charge in [-0.2, -0.15) is 0 Å². The minimum absolute atomic E-state index is 0.129. The highest BCUT2D eigenvalue weighted by Crippen LogP contribution is 2.35. The predicted molar refractivity (Wildman–Crippen MR) is 92.8 cm³/mol. The van der Waals surface area contributed by atoms with Crippen molar-refractivity contribution < 1.29 is 14.3 Å². The highest BCUT2D eigenvalue weighted by atomic mass is 35.5. The molecular weight excluding hydrogens is 314 g/mol. The second-order valence-electron chi connectivity index (χ2n) is 5.33. The molecule has 23 heavy (non-hydrogen) atoms. The van der Waals surface area contributed by atoms with Gasteiger partial charge in [-0.3, -0.25) is 4.79 Å². The molecule has 0 aliphatic carbocycles. The van der Waals surface area contributed by atoms with Gasteiger partial charge in [0.15, 0.2) is 0 Å². The lowest BCUT2D eigenvalue weighted by Gasteiger charge is -2.13. The monoisotopic (exact) mass is 333 g/mol. The summed E-state index contributed by atoms with van der Waals surface area (Å²) in [5.41, 5.74) is 3.87. The zero-order chi connectivity index (χ0) is 17.0. The minimum atomic E-state index is -0.129. The Morgan fingerprint density at radius 1 is 1.04 bits per heavy atom. The summed E-state index contributed by atoms with van der Waals surface area (Å²) in [6.45, 7) is 4.08. The van der Waals surface area contributed by atoms with E-state index in [-0.39, 0.29) is 12.3 Å². The molecule has 2 aromatic carbocycles. The number of benzene rings is 2. The summed E-state index contributed by atoms with van der Waals surface area (Å²) in [5.74, 6) is 0.842. The Kier molecular flexibility index (Phi) is 5.50. The number of hydrogen-bond acceptors (Lipinski definition) is 3. The van der Waals surface area contributed by atoms with Crippen LogP contribution in [0.3, 0.4) is 0 Å². The van der Waals surface area contributed by atoms with Crippen molar-refractivity contribution in [3.05, 3.63) is 52.0 Å². The molecular formula is C18H20ClNO3. The average molecular weight is 334 g/mol. The Balaban J connectivity index is 2.17. The third kappa shape index (κ3) is 4.17. The van der Waals surface area contributed by atoms with Crippen molar-refractivity contribution in [3.63, 3.8) is 0 Å². The number of methoxy groups -OCH3 is 2. The summed E-state index contributed by atoms with van der Waals surface area (Å²) < 4.78 is 10.4. The fraction of sp³-hybridized carbons (Fsp3) is 0.278. The molecule has 5 heteroatoms. The van der Waals surface area contributed by atoms with Gasteiger partial charge < -0.3 is 14.8 Å². The maximum absolute atomic E-state index is 12.3. The minimum Gasteiger partial charge on any atom is -0.495 e. The molecule has 0 bridgehead atoms. The number of amides is 1. The van der Waals surface area contributed by atoms with E-state index in [1.54, 1.807) is 12.1 Å². The zero-order valence-corrected chi connectivity index (χ0v) is 14.5. The van der Waals surface area contributed by atoms with Crippen LogP contribution in [0.5, 0.6) is 11.5 Å². The van der Waals surface area contributed by atoms with Crippen LogP contribution in [0, 0.1) is 13.8 Å².